The number of hydrogen-bond acceptors (Lipinski definition) is 7. The van der Waals surface area contributed by atoms with Crippen LogP contribution in [-0.2, 0) is 14.3 Å². The lowest BCUT2D eigenvalue weighted by atomic mass is 9.94. The number of aryl methyl sites for hydroxylation is 1. The van der Waals surface area contributed by atoms with Crippen molar-refractivity contribution >= 4 is 17.4 Å². The summed E-state index contributed by atoms with van der Waals surface area (Å²) in [5.41, 5.74) is 2.14. The Balaban J connectivity index is 1.62. The fourth-order valence-electron chi connectivity index (χ4n) is 4.76. The molecule has 0 saturated carbocycles. The smallest absolute Gasteiger partial charge is 0.295 e. The number of carbonyl (C=O) groups is 2. The van der Waals surface area contributed by atoms with Gasteiger partial charge in [-0.2, -0.15) is 0 Å². The van der Waals surface area contributed by atoms with Gasteiger partial charge in [0.25, 0.3) is 11.7 Å². The zero-order valence-electron chi connectivity index (χ0n) is 21.1. The summed E-state index contributed by atoms with van der Waals surface area (Å²) in [6.45, 7) is 8.97. The quantitative estimate of drug-likeness (QED) is 0.233. The number of aromatic nitrogens is 1. The zero-order valence-corrected chi connectivity index (χ0v) is 21.1. The van der Waals surface area contributed by atoms with Crippen LogP contribution in [0.1, 0.15) is 48.9 Å². The number of aliphatic hydroxyl groups is 1. The number of benzene rings is 1. The van der Waals surface area contributed by atoms with Crippen molar-refractivity contribution in [2.45, 2.75) is 39.2 Å². The van der Waals surface area contributed by atoms with Crippen LogP contribution >= 0.6 is 0 Å². The van der Waals surface area contributed by atoms with Crippen LogP contribution in [0.5, 0.6) is 5.75 Å². The molecule has 0 aliphatic carbocycles. The molecule has 3 heterocycles. The first-order valence-corrected chi connectivity index (χ1v) is 12.7. The number of likely N-dealkylation sites (tertiary alicyclic amines) is 1. The highest BCUT2D eigenvalue weighted by molar-refractivity contribution is 6.46. The van der Waals surface area contributed by atoms with Crippen molar-refractivity contribution in [3.63, 3.8) is 0 Å². The third-order valence-electron chi connectivity index (χ3n) is 6.76. The monoisotopic (exact) mass is 493 g/mol. The largest absolute Gasteiger partial charge is 0.507 e. The van der Waals surface area contributed by atoms with Crippen LogP contribution in [0.25, 0.3) is 5.76 Å². The van der Waals surface area contributed by atoms with Gasteiger partial charge in [0.15, 0.2) is 0 Å². The summed E-state index contributed by atoms with van der Waals surface area (Å²) < 4.78 is 11.2. The molecule has 1 N–H and O–H groups in total. The topological polar surface area (TPSA) is 92.2 Å². The summed E-state index contributed by atoms with van der Waals surface area (Å²) in [6, 6.07) is 8.30. The third-order valence-corrected chi connectivity index (χ3v) is 6.76. The summed E-state index contributed by atoms with van der Waals surface area (Å²) in [4.78, 5) is 34.4. The predicted octanol–water partition coefficient (Wildman–Crippen LogP) is 3.71. The number of amides is 1. The third kappa shape index (κ3) is 5.77. The van der Waals surface area contributed by atoms with Gasteiger partial charge in [0, 0.05) is 44.1 Å². The second kappa shape index (κ2) is 12.1. The number of carbonyl (C=O) groups excluding carboxylic acids is 2. The fraction of sp³-hybridized carbons (Fsp3) is 0.464. The van der Waals surface area contributed by atoms with Gasteiger partial charge in [0.05, 0.1) is 31.4 Å². The molecule has 1 amide bonds. The highest BCUT2D eigenvalue weighted by Crippen LogP contribution is 2.40. The number of nitrogens with zero attached hydrogens (tertiary/aromatic N) is 3. The molecule has 0 radical (unpaired) electrons. The van der Waals surface area contributed by atoms with Crippen molar-refractivity contribution in [1.82, 2.24) is 14.8 Å². The lowest BCUT2D eigenvalue weighted by Crippen LogP contribution is -2.38. The molecular formula is C28H35N3O5. The van der Waals surface area contributed by atoms with Gasteiger partial charge in [-0.05, 0) is 61.2 Å². The lowest BCUT2D eigenvalue weighted by Gasteiger charge is -2.29. The molecule has 192 valence electrons. The van der Waals surface area contributed by atoms with Crippen LogP contribution in [0.2, 0.25) is 0 Å². The highest BCUT2D eigenvalue weighted by Gasteiger charge is 2.46. The van der Waals surface area contributed by atoms with Crippen LogP contribution in [0, 0.1) is 6.92 Å². The van der Waals surface area contributed by atoms with E-state index in [1.54, 1.807) is 41.6 Å². The first-order chi connectivity index (χ1) is 17.5. The molecule has 2 aliphatic rings. The summed E-state index contributed by atoms with van der Waals surface area (Å²) in [7, 11) is 0. The van der Waals surface area contributed by atoms with Gasteiger partial charge >= 0.3 is 0 Å². The molecule has 0 bridgehead atoms. The predicted molar refractivity (Wildman–Crippen MR) is 137 cm³/mol. The van der Waals surface area contributed by atoms with E-state index in [1.165, 1.54) is 0 Å². The fourth-order valence-corrected chi connectivity index (χ4v) is 4.76. The van der Waals surface area contributed by atoms with Crippen molar-refractivity contribution < 1.29 is 24.2 Å². The van der Waals surface area contributed by atoms with Crippen molar-refractivity contribution in [3.8, 4) is 5.75 Å². The van der Waals surface area contributed by atoms with Gasteiger partial charge in [-0.1, -0.05) is 13.3 Å². The maximum atomic E-state index is 13.3. The molecule has 0 unspecified atom stereocenters. The first-order valence-electron chi connectivity index (χ1n) is 12.7. The van der Waals surface area contributed by atoms with E-state index in [0.717, 1.165) is 50.0 Å². The van der Waals surface area contributed by atoms with E-state index in [2.05, 4.69) is 16.8 Å². The van der Waals surface area contributed by atoms with Gasteiger partial charge in [-0.25, -0.2) is 0 Å². The lowest BCUT2D eigenvalue weighted by molar-refractivity contribution is -0.140. The molecule has 2 fully saturated rings. The number of rotatable bonds is 10. The molecule has 2 saturated heterocycles. The molecule has 1 aromatic heterocycles. The highest BCUT2D eigenvalue weighted by atomic mass is 16.5. The van der Waals surface area contributed by atoms with Crippen LogP contribution in [0.15, 0.2) is 48.3 Å². The summed E-state index contributed by atoms with van der Waals surface area (Å²) >= 11 is 0. The van der Waals surface area contributed by atoms with E-state index in [1.807, 2.05) is 13.0 Å². The maximum absolute atomic E-state index is 13.3. The molecular weight excluding hydrogens is 458 g/mol. The van der Waals surface area contributed by atoms with Crippen LogP contribution < -0.4 is 4.74 Å². The van der Waals surface area contributed by atoms with Gasteiger partial charge < -0.3 is 19.5 Å². The molecule has 36 heavy (non-hydrogen) atoms. The van der Waals surface area contributed by atoms with Crippen LogP contribution in [0.4, 0.5) is 0 Å². The Morgan fingerprint density at radius 2 is 1.86 bits per heavy atom. The number of pyridine rings is 1. The molecule has 1 atom stereocenters. The minimum absolute atomic E-state index is 0.111. The Hall–Kier alpha value is -3.23. The number of aliphatic hydroxyl groups excluding tert-OH is 1. The van der Waals surface area contributed by atoms with E-state index in [4.69, 9.17) is 9.47 Å². The number of unbranched alkanes of at least 4 members (excludes halogenated alkanes) is 1. The average molecular weight is 494 g/mol. The molecule has 4 rings (SSSR count). The van der Waals surface area contributed by atoms with Gasteiger partial charge in [0.2, 0.25) is 0 Å². The summed E-state index contributed by atoms with van der Waals surface area (Å²) in [5, 5.41) is 11.4. The molecule has 1 aromatic carbocycles. The second-order valence-corrected chi connectivity index (χ2v) is 9.26. The Morgan fingerprint density at radius 3 is 2.56 bits per heavy atom. The summed E-state index contributed by atoms with van der Waals surface area (Å²) in [6.07, 6.45) is 5.99. The van der Waals surface area contributed by atoms with Crippen molar-refractivity contribution in [1.29, 1.82) is 0 Å². The van der Waals surface area contributed by atoms with Gasteiger partial charge in [-0.3, -0.25) is 19.5 Å². The molecule has 8 nitrogen and oxygen atoms in total. The Labute approximate surface area is 212 Å². The molecule has 2 aromatic rings. The van der Waals surface area contributed by atoms with Gasteiger partial charge in [-0.15, -0.1) is 0 Å². The number of ketones is 1. The minimum Gasteiger partial charge on any atom is -0.507 e. The maximum Gasteiger partial charge on any atom is 0.295 e. The minimum atomic E-state index is -0.669. The first kappa shape index (κ1) is 25.9. The normalized spacial score (nSPS) is 20.2. The van der Waals surface area contributed by atoms with E-state index in [-0.39, 0.29) is 11.3 Å². The molecule has 0 spiro atoms. The number of morpholine rings is 1. The summed E-state index contributed by atoms with van der Waals surface area (Å²) in [5.74, 6) is -0.698. The van der Waals surface area contributed by atoms with E-state index in [9.17, 15) is 14.7 Å². The van der Waals surface area contributed by atoms with E-state index in [0.29, 0.717) is 37.7 Å². The van der Waals surface area contributed by atoms with Gasteiger partial charge in [0.1, 0.15) is 11.5 Å². The average Bonchev–Trinajstić information content (AvgIpc) is 3.15. The SMILES string of the molecule is CCCCOc1ccc(C(O)=C2C(=O)C(=O)N(CCCN3CCOCC3)[C@@H]2c2ccncc2)c(C)c1. The number of Topliss-reactive ketones (excluding diaryl/α,β-unsaturated/α-hetero) is 1. The zero-order chi connectivity index (χ0) is 25.5. The van der Waals surface area contributed by atoms with Crippen molar-refractivity contribution in [2.24, 2.45) is 0 Å². The molecule has 2 aliphatic heterocycles. The molecule has 8 heteroatoms. The van der Waals surface area contributed by atoms with Crippen LogP contribution in [-0.4, -0.2) is 77.6 Å². The Bertz CT molecular complexity index is 1100. The van der Waals surface area contributed by atoms with Crippen molar-refractivity contribution in [2.75, 3.05) is 46.0 Å². The Morgan fingerprint density at radius 1 is 1.11 bits per heavy atom. The number of hydrogen-bond donors (Lipinski definition) is 1. The second-order valence-electron chi connectivity index (χ2n) is 9.26. The van der Waals surface area contributed by atoms with E-state index < -0.39 is 17.7 Å². The standard InChI is InChI=1S/C28H35N3O5/c1-3-4-16-36-22-6-7-23(20(2)19-22)26(32)24-25(21-8-10-29-11-9-21)31(28(34)27(24)33)13-5-12-30-14-17-35-18-15-30/h6-11,19,25,32H,3-5,12-18H2,1-2H3/t25-/m1/s1. The van der Waals surface area contributed by atoms with E-state index >= 15 is 0 Å². The number of ether oxygens (including phenoxy) is 2. The van der Waals surface area contributed by atoms with Crippen LogP contribution in [0.3, 0.4) is 0 Å². The van der Waals surface area contributed by atoms with Crippen molar-refractivity contribution in [3.05, 3.63) is 65.0 Å². The Kier molecular flexibility index (Phi) is 8.72.